The summed E-state index contributed by atoms with van der Waals surface area (Å²) in [7, 11) is 0. The van der Waals surface area contributed by atoms with Gasteiger partial charge in [0, 0.05) is 32.0 Å². The number of amides is 1. The molecular formula is C18H26N6O2. The van der Waals surface area contributed by atoms with Crippen molar-refractivity contribution in [2.75, 3.05) is 24.5 Å². The molecule has 2 aromatic rings. The van der Waals surface area contributed by atoms with Crippen LogP contribution < -0.4 is 10.2 Å². The normalized spacial score (nSPS) is 20.0. The molecule has 0 aliphatic carbocycles. The highest BCUT2D eigenvalue weighted by atomic mass is 16.3. The van der Waals surface area contributed by atoms with E-state index in [1.54, 1.807) is 23.1 Å². The highest BCUT2D eigenvalue weighted by molar-refractivity contribution is 5.92. The fourth-order valence-corrected chi connectivity index (χ4v) is 3.10. The second kappa shape index (κ2) is 7.41. The third-order valence-electron chi connectivity index (χ3n) is 4.67. The Labute approximate surface area is 153 Å². The van der Waals surface area contributed by atoms with Gasteiger partial charge < -0.3 is 15.3 Å². The van der Waals surface area contributed by atoms with E-state index in [9.17, 15) is 9.90 Å². The van der Waals surface area contributed by atoms with Crippen LogP contribution in [0.3, 0.4) is 0 Å². The Kier molecular flexibility index (Phi) is 5.22. The molecule has 3 rings (SSSR count). The molecule has 0 unspecified atom stereocenters. The monoisotopic (exact) mass is 358 g/mol. The molecule has 0 spiro atoms. The summed E-state index contributed by atoms with van der Waals surface area (Å²) in [6, 6.07) is 3.58. The van der Waals surface area contributed by atoms with Crippen LogP contribution in [0, 0.1) is 0 Å². The Bertz CT molecular complexity index is 760. The summed E-state index contributed by atoms with van der Waals surface area (Å²) < 4.78 is 1.70. The molecule has 0 radical (unpaired) electrons. The van der Waals surface area contributed by atoms with E-state index < -0.39 is 5.60 Å². The Hall–Kier alpha value is -2.48. The molecule has 0 saturated carbocycles. The topological polar surface area (TPSA) is 96.2 Å². The number of nitrogens with zero attached hydrogens (tertiary/aromatic N) is 5. The summed E-state index contributed by atoms with van der Waals surface area (Å²) in [5.74, 6) is 0.641. The van der Waals surface area contributed by atoms with Crippen molar-refractivity contribution in [1.82, 2.24) is 25.1 Å². The van der Waals surface area contributed by atoms with Crippen molar-refractivity contribution >= 4 is 11.9 Å². The molecule has 2 aromatic heterocycles. The van der Waals surface area contributed by atoms with Gasteiger partial charge in [-0.3, -0.25) is 9.48 Å². The summed E-state index contributed by atoms with van der Waals surface area (Å²) in [4.78, 5) is 23.0. The maximum Gasteiger partial charge on any atom is 0.269 e. The smallest absolute Gasteiger partial charge is 0.269 e. The molecule has 3 heterocycles. The number of hydrogen-bond donors (Lipinski definition) is 2. The first-order valence-corrected chi connectivity index (χ1v) is 9.02. The number of aromatic nitrogens is 4. The zero-order chi connectivity index (χ0) is 18.7. The summed E-state index contributed by atoms with van der Waals surface area (Å²) in [5.41, 5.74) is 0.428. The molecule has 1 aliphatic rings. The van der Waals surface area contributed by atoms with Crippen molar-refractivity contribution in [2.24, 2.45) is 0 Å². The lowest BCUT2D eigenvalue weighted by Gasteiger charge is -2.23. The third-order valence-corrected chi connectivity index (χ3v) is 4.67. The van der Waals surface area contributed by atoms with Crippen molar-refractivity contribution < 1.29 is 9.90 Å². The standard InChI is InChI=1S/C18H26N6O2/c1-4-24-15(10-14(22-24)13(2)3)16(25)21-11-18(26)6-9-23(12-18)17-19-7-5-8-20-17/h5,7-8,10,13,26H,4,6,9,11-12H2,1-3H3,(H,21,25)/t18-/m1/s1. The van der Waals surface area contributed by atoms with E-state index in [2.05, 4.69) is 20.4 Å². The van der Waals surface area contributed by atoms with Crippen LogP contribution in [0.2, 0.25) is 0 Å². The first-order chi connectivity index (χ1) is 12.4. The van der Waals surface area contributed by atoms with Gasteiger partial charge in [-0.1, -0.05) is 13.8 Å². The van der Waals surface area contributed by atoms with E-state index in [1.165, 1.54) is 0 Å². The summed E-state index contributed by atoms with van der Waals surface area (Å²) in [6.07, 6.45) is 3.91. The second-order valence-electron chi connectivity index (χ2n) is 7.05. The Balaban J connectivity index is 1.63. The van der Waals surface area contributed by atoms with Crippen molar-refractivity contribution in [3.05, 3.63) is 35.9 Å². The van der Waals surface area contributed by atoms with Crippen LogP contribution in [0.1, 0.15) is 49.3 Å². The molecule has 2 N–H and O–H groups in total. The minimum atomic E-state index is -0.993. The number of hydrogen-bond acceptors (Lipinski definition) is 6. The summed E-state index contributed by atoms with van der Waals surface area (Å²) in [5, 5.41) is 18.1. The number of nitrogens with one attached hydrogen (secondary N) is 1. The molecule has 8 nitrogen and oxygen atoms in total. The predicted octanol–water partition coefficient (Wildman–Crippen LogP) is 1.19. The summed E-state index contributed by atoms with van der Waals surface area (Å²) >= 11 is 0. The number of anilines is 1. The van der Waals surface area contributed by atoms with E-state index in [0.717, 1.165) is 5.69 Å². The average molecular weight is 358 g/mol. The molecule has 1 amide bonds. The van der Waals surface area contributed by atoms with Crippen LogP contribution >= 0.6 is 0 Å². The van der Waals surface area contributed by atoms with Gasteiger partial charge in [0.05, 0.1) is 12.2 Å². The third kappa shape index (κ3) is 3.85. The molecule has 0 bridgehead atoms. The zero-order valence-corrected chi connectivity index (χ0v) is 15.5. The fourth-order valence-electron chi connectivity index (χ4n) is 3.10. The van der Waals surface area contributed by atoms with Crippen LogP contribution in [-0.4, -0.2) is 56.0 Å². The minimum absolute atomic E-state index is 0.182. The van der Waals surface area contributed by atoms with Gasteiger partial charge in [-0.2, -0.15) is 5.10 Å². The van der Waals surface area contributed by atoms with Crippen LogP contribution in [0.25, 0.3) is 0 Å². The van der Waals surface area contributed by atoms with Crippen molar-refractivity contribution in [1.29, 1.82) is 0 Å². The zero-order valence-electron chi connectivity index (χ0n) is 15.5. The maximum atomic E-state index is 12.6. The molecular weight excluding hydrogens is 332 g/mol. The van der Waals surface area contributed by atoms with Gasteiger partial charge >= 0.3 is 0 Å². The van der Waals surface area contributed by atoms with Gasteiger partial charge in [0.15, 0.2) is 0 Å². The van der Waals surface area contributed by atoms with Crippen molar-refractivity contribution in [3.8, 4) is 0 Å². The molecule has 8 heteroatoms. The van der Waals surface area contributed by atoms with E-state index in [-0.39, 0.29) is 18.4 Å². The number of carbonyl (C=O) groups excluding carboxylic acids is 1. The molecule has 1 aliphatic heterocycles. The van der Waals surface area contributed by atoms with Crippen LogP contribution in [0.5, 0.6) is 0 Å². The number of β-amino-alcohol motifs (C(OH)–C–C–N with tert-alkyl or cyclic N) is 1. The highest BCUT2D eigenvalue weighted by Gasteiger charge is 2.37. The van der Waals surface area contributed by atoms with Gasteiger partial charge in [-0.15, -0.1) is 0 Å². The van der Waals surface area contributed by atoms with Crippen molar-refractivity contribution in [3.63, 3.8) is 0 Å². The average Bonchev–Trinajstić information content (AvgIpc) is 3.25. The lowest BCUT2D eigenvalue weighted by molar-refractivity contribution is 0.0572. The van der Waals surface area contributed by atoms with Gasteiger partial charge in [0.25, 0.3) is 5.91 Å². The lowest BCUT2D eigenvalue weighted by atomic mass is 10.0. The number of carbonyl (C=O) groups is 1. The molecule has 1 fully saturated rings. The van der Waals surface area contributed by atoms with Gasteiger partial charge in [0.2, 0.25) is 5.95 Å². The molecule has 1 saturated heterocycles. The minimum Gasteiger partial charge on any atom is -0.386 e. The van der Waals surface area contributed by atoms with E-state index in [1.807, 2.05) is 31.7 Å². The second-order valence-corrected chi connectivity index (χ2v) is 7.05. The van der Waals surface area contributed by atoms with E-state index in [4.69, 9.17) is 0 Å². The molecule has 140 valence electrons. The molecule has 26 heavy (non-hydrogen) atoms. The maximum absolute atomic E-state index is 12.6. The van der Waals surface area contributed by atoms with Crippen LogP contribution in [0.15, 0.2) is 24.5 Å². The quantitative estimate of drug-likeness (QED) is 0.805. The predicted molar refractivity (Wildman–Crippen MR) is 98.1 cm³/mol. The van der Waals surface area contributed by atoms with Gasteiger partial charge in [-0.25, -0.2) is 9.97 Å². The van der Waals surface area contributed by atoms with E-state index in [0.29, 0.717) is 37.7 Å². The Morgan fingerprint density at radius 2 is 2.12 bits per heavy atom. The molecule has 1 atom stereocenters. The number of aryl methyl sites for hydroxylation is 1. The summed E-state index contributed by atoms with van der Waals surface area (Å²) in [6.45, 7) is 7.90. The molecule has 0 aromatic carbocycles. The number of aliphatic hydroxyl groups is 1. The van der Waals surface area contributed by atoms with Gasteiger partial charge in [-0.05, 0) is 31.4 Å². The fraction of sp³-hybridized carbons (Fsp3) is 0.556. The van der Waals surface area contributed by atoms with E-state index >= 15 is 0 Å². The SMILES string of the molecule is CCn1nc(C(C)C)cc1C(=O)NC[C@]1(O)CCN(c2ncccn2)C1. The Morgan fingerprint density at radius 1 is 1.38 bits per heavy atom. The highest BCUT2D eigenvalue weighted by Crippen LogP contribution is 2.24. The van der Waals surface area contributed by atoms with Gasteiger partial charge in [0.1, 0.15) is 11.3 Å². The number of rotatable bonds is 6. The van der Waals surface area contributed by atoms with Crippen molar-refractivity contribution in [2.45, 2.75) is 45.3 Å². The first-order valence-electron chi connectivity index (χ1n) is 9.02. The first kappa shape index (κ1) is 18.3. The van der Waals surface area contributed by atoms with Crippen LogP contribution in [0.4, 0.5) is 5.95 Å². The largest absolute Gasteiger partial charge is 0.386 e. The Morgan fingerprint density at radius 3 is 2.77 bits per heavy atom. The van der Waals surface area contributed by atoms with Crippen LogP contribution in [-0.2, 0) is 6.54 Å². The lowest BCUT2D eigenvalue weighted by Crippen LogP contribution is -2.45.